The number of likely N-dealkylation sites (N-methyl/N-ethyl adjacent to an activating group) is 1. The maximum Gasteiger partial charge on any atom is 0.246 e. The average molecular weight is 198 g/mol. The summed E-state index contributed by atoms with van der Waals surface area (Å²) in [6.45, 7) is 4.66. The molecule has 1 N–H and O–H groups in total. The Morgan fingerprint density at radius 1 is 1.71 bits per heavy atom. The van der Waals surface area contributed by atoms with Crippen LogP contribution in [0.1, 0.15) is 6.92 Å². The number of hydrogen-bond acceptors (Lipinski definition) is 3. The molecule has 0 radical (unpaired) electrons. The first-order chi connectivity index (χ1) is 6.77. The molecular formula is C10H18N2O2. The van der Waals surface area contributed by atoms with Crippen molar-refractivity contribution in [3.05, 3.63) is 12.2 Å². The lowest BCUT2D eigenvalue weighted by atomic mass is 10.2. The summed E-state index contributed by atoms with van der Waals surface area (Å²) in [7, 11) is 1.88. The molecule has 1 atom stereocenters. The largest absolute Gasteiger partial charge is 0.373 e. The van der Waals surface area contributed by atoms with Crippen molar-refractivity contribution in [2.24, 2.45) is 0 Å². The standard InChI is InChI=1S/C10H18N2O2/c1-3-4-10(13)12-5-6-14-9(8-12)7-11-2/h3-4,9,11H,5-8H2,1-2H3/b4-3+. The molecule has 0 saturated carbocycles. The fourth-order valence-corrected chi connectivity index (χ4v) is 1.52. The first-order valence-corrected chi connectivity index (χ1v) is 4.95. The second-order valence-corrected chi connectivity index (χ2v) is 3.33. The first kappa shape index (κ1) is 11.2. The van der Waals surface area contributed by atoms with Gasteiger partial charge in [-0.25, -0.2) is 0 Å². The van der Waals surface area contributed by atoms with E-state index in [4.69, 9.17) is 4.74 Å². The molecule has 1 aliphatic rings. The van der Waals surface area contributed by atoms with Crippen LogP contribution in [0, 0.1) is 0 Å². The van der Waals surface area contributed by atoms with Crippen molar-refractivity contribution >= 4 is 5.91 Å². The SMILES string of the molecule is C/C=C/C(=O)N1CCOC(CNC)C1. The van der Waals surface area contributed by atoms with Crippen LogP contribution in [0.2, 0.25) is 0 Å². The van der Waals surface area contributed by atoms with E-state index in [1.807, 2.05) is 18.9 Å². The van der Waals surface area contributed by atoms with Crippen molar-refractivity contribution in [2.75, 3.05) is 33.3 Å². The van der Waals surface area contributed by atoms with Gasteiger partial charge in [0.1, 0.15) is 0 Å². The van der Waals surface area contributed by atoms with Gasteiger partial charge in [-0.15, -0.1) is 0 Å². The highest BCUT2D eigenvalue weighted by Crippen LogP contribution is 2.05. The second kappa shape index (κ2) is 5.78. The zero-order valence-corrected chi connectivity index (χ0v) is 8.82. The zero-order valence-electron chi connectivity index (χ0n) is 8.82. The minimum absolute atomic E-state index is 0.0805. The van der Waals surface area contributed by atoms with Gasteiger partial charge in [0.15, 0.2) is 0 Å². The molecule has 0 aromatic carbocycles. The van der Waals surface area contributed by atoms with Crippen LogP contribution < -0.4 is 5.32 Å². The van der Waals surface area contributed by atoms with Crippen molar-refractivity contribution in [3.8, 4) is 0 Å². The monoisotopic (exact) mass is 198 g/mol. The van der Waals surface area contributed by atoms with Crippen molar-refractivity contribution < 1.29 is 9.53 Å². The van der Waals surface area contributed by atoms with Crippen LogP contribution in [0.5, 0.6) is 0 Å². The Balaban J connectivity index is 2.43. The molecule has 80 valence electrons. The first-order valence-electron chi connectivity index (χ1n) is 4.95. The van der Waals surface area contributed by atoms with Gasteiger partial charge in [-0.05, 0) is 20.0 Å². The Morgan fingerprint density at radius 2 is 2.50 bits per heavy atom. The molecule has 1 rings (SSSR count). The molecule has 1 saturated heterocycles. The van der Waals surface area contributed by atoms with Gasteiger partial charge in [0.05, 0.1) is 12.7 Å². The molecular weight excluding hydrogens is 180 g/mol. The van der Waals surface area contributed by atoms with E-state index < -0.39 is 0 Å². The topological polar surface area (TPSA) is 41.6 Å². The molecule has 1 heterocycles. The summed E-state index contributed by atoms with van der Waals surface area (Å²) in [6.07, 6.45) is 3.50. The number of nitrogens with zero attached hydrogens (tertiary/aromatic N) is 1. The van der Waals surface area contributed by atoms with Gasteiger partial charge in [0, 0.05) is 19.6 Å². The maximum absolute atomic E-state index is 11.5. The molecule has 0 aliphatic carbocycles. The van der Waals surface area contributed by atoms with E-state index in [9.17, 15) is 4.79 Å². The average Bonchev–Trinajstić information content (AvgIpc) is 2.19. The minimum atomic E-state index is 0.0805. The van der Waals surface area contributed by atoms with Crippen molar-refractivity contribution in [1.29, 1.82) is 0 Å². The Morgan fingerprint density at radius 3 is 3.14 bits per heavy atom. The molecule has 1 amide bonds. The van der Waals surface area contributed by atoms with Crippen LogP contribution in [-0.2, 0) is 9.53 Å². The van der Waals surface area contributed by atoms with E-state index in [1.165, 1.54) is 0 Å². The van der Waals surface area contributed by atoms with Crippen LogP contribution in [0.25, 0.3) is 0 Å². The van der Waals surface area contributed by atoms with E-state index in [1.54, 1.807) is 12.2 Å². The number of morpholine rings is 1. The smallest absolute Gasteiger partial charge is 0.246 e. The maximum atomic E-state index is 11.5. The molecule has 0 aromatic rings. The van der Waals surface area contributed by atoms with E-state index in [-0.39, 0.29) is 12.0 Å². The predicted octanol–water partition coefficient (Wildman–Crippen LogP) is 0.00930. The van der Waals surface area contributed by atoms with Gasteiger partial charge < -0.3 is 15.0 Å². The van der Waals surface area contributed by atoms with Gasteiger partial charge >= 0.3 is 0 Å². The summed E-state index contributed by atoms with van der Waals surface area (Å²) in [5.74, 6) is 0.0805. The summed E-state index contributed by atoms with van der Waals surface area (Å²) in [6, 6.07) is 0. The third-order valence-electron chi connectivity index (χ3n) is 2.19. The molecule has 0 bridgehead atoms. The Hall–Kier alpha value is -0.870. The summed E-state index contributed by atoms with van der Waals surface area (Å²) in [5, 5.41) is 3.05. The second-order valence-electron chi connectivity index (χ2n) is 3.33. The number of rotatable bonds is 3. The van der Waals surface area contributed by atoms with Gasteiger partial charge in [0.25, 0.3) is 0 Å². The molecule has 4 heteroatoms. The van der Waals surface area contributed by atoms with Gasteiger partial charge in [-0.3, -0.25) is 4.79 Å². The zero-order chi connectivity index (χ0) is 10.4. The highest BCUT2D eigenvalue weighted by Gasteiger charge is 2.21. The molecule has 1 unspecified atom stereocenters. The third kappa shape index (κ3) is 3.12. The Bertz CT molecular complexity index is 214. The van der Waals surface area contributed by atoms with Crippen LogP contribution >= 0.6 is 0 Å². The van der Waals surface area contributed by atoms with E-state index in [2.05, 4.69) is 5.32 Å². The van der Waals surface area contributed by atoms with Crippen LogP contribution in [0.4, 0.5) is 0 Å². The van der Waals surface area contributed by atoms with Crippen molar-refractivity contribution in [2.45, 2.75) is 13.0 Å². The quantitative estimate of drug-likeness (QED) is 0.649. The van der Waals surface area contributed by atoms with Crippen LogP contribution in [-0.4, -0.2) is 50.2 Å². The summed E-state index contributed by atoms with van der Waals surface area (Å²) in [4.78, 5) is 13.3. The number of carbonyl (C=O) groups is 1. The number of nitrogens with one attached hydrogen (secondary N) is 1. The fourth-order valence-electron chi connectivity index (χ4n) is 1.52. The van der Waals surface area contributed by atoms with Gasteiger partial charge in [0.2, 0.25) is 5.91 Å². The van der Waals surface area contributed by atoms with Gasteiger partial charge in [-0.2, -0.15) is 0 Å². The lowest BCUT2D eigenvalue weighted by Crippen LogP contribution is -2.48. The number of carbonyl (C=O) groups excluding carboxylic acids is 1. The van der Waals surface area contributed by atoms with E-state index >= 15 is 0 Å². The fraction of sp³-hybridized carbons (Fsp3) is 0.700. The van der Waals surface area contributed by atoms with Crippen molar-refractivity contribution in [1.82, 2.24) is 10.2 Å². The number of amides is 1. The summed E-state index contributed by atoms with van der Waals surface area (Å²) < 4.78 is 5.50. The molecule has 0 spiro atoms. The van der Waals surface area contributed by atoms with Crippen molar-refractivity contribution in [3.63, 3.8) is 0 Å². The minimum Gasteiger partial charge on any atom is -0.373 e. The Kier molecular flexibility index (Phi) is 4.62. The van der Waals surface area contributed by atoms with Gasteiger partial charge in [-0.1, -0.05) is 6.08 Å². The molecule has 14 heavy (non-hydrogen) atoms. The third-order valence-corrected chi connectivity index (χ3v) is 2.19. The molecule has 1 fully saturated rings. The number of ether oxygens (including phenoxy) is 1. The highest BCUT2D eigenvalue weighted by atomic mass is 16.5. The normalized spacial score (nSPS) is 23.0. The number of hydrogen-bond donors (Lipinski definition) is 1. The van der Waals surface area contributed by atoms with Crippen LogP contribution in [0.15, 0.2) is 12.2 Å². The lowest BCUT2D eigenvalue weighted by molar-refractivity contribution is -0.133. The molecule has 4 nitrogen and oxygen atoms in total. The number of allylic oxidation sites excluding steroid dienone is 1. The highest BCUT2D eigenvalue weighted by molar-refractivity contribution is 5.87. The summed E-state index contributed by atoms with van der Waals surface area (Å²) in [5.41, 5.74) is 0. The predicted molar refractivity (Wildman–Crippen MR) is 55.1 cm³/mol. The van der Waals surface area contributed by atoms with E-state index in [0.29, 0.717) is 19.7 Å². The summed E-state index contributed by atoms with van der Waals surface area (Å²) >= 11 is 0. The van der Waals surface area contributed by atoms with E-state index in [0.717, 1.165) is 6.54 Å². The molecule has 0 aromatic heterocycles. The molecule has 1 aliphatic heterocycles. The Labute approximate surface area is 84.9 Å². The van der Waals surface area contributed by atoms with Crippen LogP contribution in [0.3, 0.4) is 0 Å². The lowest BCUT2D eigenvalue weighted by Gasteiger charge is -2.32.